The summed E-state index contributed by atoms with van der Waals surface area (Å²) in [5.74, 6) is 0. The Kier molecular flexibility index (Phi) is 4.49. The number of rotatable bonds is 3. The number of nitro benzene ring substituents is 1. The highest BCUT2D eigenvalue weighted by Crippen LogP contribution is 2.26. The quantitative estimate of drug-likeness (QED) is 0.486. The number of hydrogen-bond acceptors (Lipinski definition) is 5. The van der Waals surface area contributed by atoms with Gasteiger partial charge in [-0.2, -0.15) is 0 Å². The summed E-state index contributed by atoms with van der Waals surface area (Å²) in [5, 5.41) is 14.3. The predicted octanol–water partition coefficient (Wildman–Crippen LogP) is 3.47. The molecule has 0 radical (unpaired) electrons. The van der Waals surface area contributed by atoms with Crippen molar-refractivity contribution < 1.29 is 14.5 Å². The van der Waals surface area contributed by atoms with Crippen LogP contribution in [0.1, 0.15) is 32.8 Å². The zero-order valence-corrected chi connectivity index (χ0v) is 12.8. The Morgan fingerprint density at radius 2 is 2.00 bits per heavy atom. The van der Waals surface area contributed by atoms with E-state index in [4.69, 9.17) is 21.2 Å². The third-order valence-electron chi connectivity index (χ3n) is 2.82. The van der Waals surface area contributed by atoms with Crippen LogP contribution in [0.5, 0.6) is 0 Å². The number of hydrogen-bond donors (Lipinski definition) is 0. The molecule has 0 spiro atoms. The van der Waals surface area contributed by atoms with Crippen LogP contribution in [0, 0.1) is 10.1 Å². The van der Waals surface area contributed by atoms with Crippen molar-refractivity contribution in [2.75, 3.05) is 0 Å². The van der Waals surface area contributed by atoms with Crippen molar-refractivity contribution in [2.24, 2.45) is 5.16 Å². The lowest BCUT2D eigenvalue weighted by Gasteiger charge is -2.30. The van der Waals surface area contributed by atoms with Crippen LogP contribution in [0.4, 0.5) is 5.69 Å². The van der Waals surface area contributed by atoms with Gasteiger partial charge in [0.2, 0.25) is 6.29 Å². The fourth-order valence-electron chi connectivity index (χ4n) is 1.95. The highest BCUT2D eigenvalue weighted by molar-refractivity contribution is 6.35. The van der Waals surface area contributed by atoms with Gasteiger partial charge in [0.1, 0.15) is 5.71 Å². The molecule has 0 saturated carbocycles. The number of alkyl halides is 1. The Morgan fingerprint density at radius 3 is 2.48 bits per heavy atom. The summed E-state index contributed by atoms with van der Waals surface area (Å²) in [5.41, 5.74) is 0.938. The molecule has 114 valence electrons. The molecule has 1 heterocycles. The van der Waals surface area contributed by atoms with Gasteiger partial charge in [-0.25, -0.2) is 0 Å². The number of ether oxygens (including phenoxy) is 1. The predicted molar refractivity (Wildman–Crippen MR) is 79.6 cm³/mol. The molecule has 0 amide bonds. The monoisotopic (exact) mass is 312 g/mol. The zero-order valence-electron chi connectivity index (χ0n) is 12.1. The second-order valence-corrected chi connectivity index (χ2v) is 6.28. The van der Waals surface area contributed by atoms with E-state index in [1.807, 2.05) is 20.8 Å². The number of halogens is 1. The van der Waals surface area contributed by atoms with E-state index in [-0.39, 0.29) is 16.7 Å². The van der Waals surface area contributed by atoms with E-state index < -0.39 is 11.2 Å². The molecule has 21 heavy (non-hydrogen) atoms. The Balaban J connectivity index is 2.12. The van der Waals surface area contributed by atoms with Crippen molar-refractivity contribution >= 4 is 23.0 Å². The first kappa shape index (κ1) is 15.7. The third-order valence-corrected chi connectivity index (χ3v) is 3.21. The summed E-state index contributed by atoms with van der Waals surface area (Å²) in [6.45, 7) is 5.78. The molecule has 1 aliphatic rings. The summed E-state index contributed by atoms with van der Waals surface area (Å²) in [6, 6.07) is 6.06. The van der Waals surface area contributed by atoms with Gasteiger partial charge in [0.25, 0.3) is 5.69 Å². The number of oxime groups is 1. The molecule has 1 aromatic rings. The number of nitrogens with zero attached hydrogens (tertiary/aromatic N) is 2. The first-order chi connectivity index (χ1) is 9.76. The Labute approximate surface area is 127 Å². The summed E-state index contributed by atoms with van der Waals surface area (Å²) in [7, 11) is 0. The minimum Gasteiger partial charge on any atom is -0.363 e. The first-order valence-corrected chi connectivity index (χ1v) is 7.00. The normalized spacial score (nSPS) is 22.4. The van der Waals surface area contributed by atoms with Gasteiger partial charge in [-0.1, -0.05) is 5.16 Å². The lowest BCUT2D eigenvalue weighted by Crippen LogP contribution is -2.36. The van der Waals surface area contributed by atoms with E-state index in [9.17, 15) is 10.1 Å². The molecular weight excluding hydrogens is 296 g/mol. The molecule has 2 atom stereocenters. The van der Waals surface area contributed by atoms with Crippen LogP contribution in [0.3, 0.4) is 0 Å². The topological polar surface area (TPSA) is 74.0 Å². The molecule has 0 bridgehead atoms. The molecular formula is C14H17ClN2O4. The summed E-state index contributed by atoms with van der Waals surface area (Å²) in [6.07, 6.45) is -0.0245. The average molecular weight is 313 g/mol. The van der Waals surface area contributed by atoms with Crippen molar-refractivity contribution in [1.82, 2.24) is 0 Å². The first-order valence-electron chi connectivity index (χ1n) is 6.57. The van der Waals surface area contributed by atoms with E-state index in [1.54, 1.807) is 12.1 Å². The van der Waals surface area contributed by atoms with Gasteiger partial charge in [-0.05, 0) is 32.9 Å². The van der Waals surface area contributed by atoms with Gasteiger partial charge in [0.15, 0.2) is 0 Å². The van der Waals surface area contributed by atoms with Crippen LogP contribution in [0.25, 0.3) is 0 Å². The maximum absolute atomic E-state index is 10.6. The number of non-ortho nitro benzene ring substituents is 1. The third kappa shape index (κ3) is 4.15. The van der Waals surface area contributed by atoms with Gasteiger partial charge in [-0.15, -0.1) is 11.6 Å². The summed E-state index contributed by atoms with van der Waals surface area (Å²) in [4.78, 5) is 15.5. The van der Waals surface area contributed by atoms with E-state index in [1.165, 1.54) is 12.1 Å². The van der Waals surface area contributed by atoms with E-state index in [2.05, 4.69) is 5.16 Å². The maximum Gasteiger partial charge on any atom is 0.269 e. The van der Waals surface area contributed by atoms with Crippen LogP contribution >= 0.6 is 11.6 Å². The fraction of sp³-hybridized carbons (Fsp3) is 0.500. The largest absolute Gasteiger partial charge is 0.363 e. The minimum absolute atomic E-state index is 0.0242. The van der Waals surface area contributed by atoms with Crippen LogP contribution in [0.2, 0.25) is 0 Å². The van der Waals surface area contributed by atoms with Gasteiger partial charge in [0, 0.05) is 24.1 Å². The molecule has 1 aromatic carbocycles. The van der Waals surface area contributed by atoms with Crippen LogP contribution < -0.4 is 0 Å². The summed E-state index contributed by atoms with van der Waals surface area (Å²) < 4.78 is 5.68. The average Bonchev–Trinajstić information content (AvgIpc) is 2.37. The lowest BCUT2D eigenvalue weighted by atomic mass is 10.0. The molecule has 0 saturated heterocycles. The van der Waals surface area contributed by atoms with Crippen molar-refractivity contribution in [2.45, 2.75) is 44.5 Å². The van der Waals surface area contributed by atoms with Crippen LogP contribution in [-0.4, -0.2) is 27.9 Å². The van der Waals surface area contributed by atoms with Crippen LogP contribution in [-0.2, 0) is 9.57 Å². The van der Waals surface area contributed by atoms with Crippen molar-refractivity contribution in [3.05, 3.63) is 39.9 Å². The van der Waals surface area contributed by atoms with Gasteiger partial charge in [0.05, 0.1) is 15.9 Å². The molecule has 6 nitrogen and oxygen atoms in total. The lowest BCUT2D eigenvalue weighted by molar-refractivity contribution is -0.384. The van der Waals surface area contributed by atoms with Crippen molar-refractivity contribution in [1.29, 1.82) is 0 Å². The fourth-order valence-corrected chi connectivity index (χ4v) is 2.26. The van der Waals surface area contributed by atoms with Crippen molar-refractivity contribution in [3.8, 4) is 0 Å². The molecule has 0 unspecified atom stereocenters. The van der Waals surface area contributed by atoms with E-state index in [0.717, 1.165) is 0 Å². The number of benzene rings is 1. The van der Waals surface area contributed by atoms with Gasteiger partial charge >= 0.3 is 0 Å². The number of nitro groups is 1. The molecule has 1 aliphatic heterocycles. The second-order valence-electron chi connectivity index (χ2n) is 5.75. The molecule has 0 N–H and O–H groups in total. The molecule has 7 heteroatoms. The maximum atomic E-state index is 10.6. The minimum atomic E-state index is -0.491. The standard InChI is InChI=1S/C14H17ClN2O4/c1-14(2,3)20-12-8-11(15)13(16-21-12)9-4-6-10(7-5-9)17(18)19/h4-7,11-12H,8H2,1-3H3/t11-,12+/m0/s1. The molecule has 0 aliphatic carbocycles. The summed E-state index contributed by atoms with van der Waals surface area (Å²) >= 11 is 6.32. The van der Waals surface area contributed by atoms with E-state index in [0.29, 0.717) is 17.7 Å². The smallest absolute Gasteiger partial charge is 0.269 e. The Bertz CT molecular complexity index is 551. The van der Waals surface area contributed by atoms with Crippen LogP contribution in [0.15, 0.2) is 29.4 Å². The molecule has 0 fully saturated rings. The molecule has 0 aromatic heterocycles. The highest BCUT2D eigenvalue weighted by Gasteiger charge is 2.30. The molecule has 2 rings (SSSR count). The highest BCUT2D eigenvalue weighted by atomic mass is 35.5. The SMILES string of the molecule is CC(C)(C)O[C@H]1C[C@H](Cl)C(c2ccc([N+](=O)[O-])cc2)=NO1. The van der Waals surface area contributed by atoms with E-state index >= 15 is 0 Å². The Morgan fingerprint density at radius 1 is 1.38 bits per heavy atom. The Hall–Kier alpha value is -1.66. The van der Waals surface area contributed by atoms with Gasteiger partial charge in [-0.3, -0.25) is 10.1 Å². The zero-order chi connectivity index (χ0) is 15.6. The van der Waals surface area contributed by atoms with Gasteiger partial charge < -0.3 is 9.57 Å². The second kappa shape index (κ2) is 5.99. The van der Waals surface area contributed by atoms with Crippen molar-refractivity contribution in [3.63, 3.8) is 0 Å².